The number of carboxylic acids is 1. The summed E-state index contributed by atoms with van der Waals surface area (Å²) in [5, 5.41) is 18.3. The number of aryl methyl sites for hydroxylation is 1. The van der Waals surface area contributed by atoms with Crippen molar-refractivity contribution in [2.75, 3.05) is 0 Å². The van der Waals surface area contributed by atoms with Crippen molar-refractivity contribution in [2.45, 2.75) is 6.92 Å². The number of nitriles is 1. The van der Waals surface area contributed by atoms with Crippen LogP contribution in [0, 0.1) is 18.3 Å². The number of thiophene rings is 1. The summed E-state index contributed by atoms with van der Waals surface area (Å²) >= 11 is 1.64. The molecule has 0 radical (unpaired) electrons. The number of hydrogen-bond acceptors (Lipinski definition) is 3. The van der Waals surface area contributed by atoms with E-state index in [-0.39, 0.29) is 5.56 Å². The van der Waals surface area contributed by atoms with Crippen molar-refractivity contribution >= 4 is 17.3 Å². The Labute approximate surface area is 131 Å². The van der Waals surface area contributed by atoms with E-state index in [1.807, 2.05) is 29.8 Å². The zero-order valence-electron chi connectivity index (χ0n) is 11.8. The van der Waals surface area contributed by atoms with E-state index in [2.05, 4.69) is 6.07 Å². The largest absolute Gasteiger partial charge is 0.478 e. The molecular formula is C17H12N2O2S. The third-order valence-electron chi connectivity index (χ3n) is 3.37. The number of aromatic carboxylic acids is 1. The quantitative estimate of drug-likeness (QED) is 0.792. The van der Waals surface area contributed by atoms with Crippen molar-refractivity contribution in [3.8, 4) is 22.2 Å². The summed E-state index contributed by atoms with van der Waals surface area (Å²) in [5.74, 6) is -0.952. The van der Waals surface area contributed by atoms with Gasteiger partial charge in [0.25, 0.3) is 0 Å². The smallest absolute Gasteiger partial charge is 0.335 e. The molecular weight excluding hydrogens is 296 g/mol. The maximum absolute atomic E-state index is 10.9. The van der Waals surface area contributed by atoms with Crippen LogP contribution in [0.4, 0.5) is 0 Å². The number of carbonyl (C=O) groups is 1. The minimum absolute atomic E-state index is 0.241. The van der Waals surface area contributed by atoms with E-state index in [0.29, 0.717) is 5.56 Å². The molecule has 0 spiro atoms. The summed E-state index contributed by atoms with van der Waals surface area (Å²) in [4.78, 5) is 13.1. The molecule has 2 heterocycles. The first-order valence-electron chi connectivity index (χ1n) is 6.61. The summed E-state index contributed by atoms with van der Waals surface area (Å²) in [7, 11) is 0. The van der Waals surface area contributed by atoms with Crippen LogP contribution in [0.1, 0.15) is 20.8 Å². The first kappa shape index (κ1) is 14.1. The van der Waals surface area contributed by atoms with E-state index in [1.165, 1.54) is 4.88 Å². The Morgan fingerprint density at radius 2 is 1.91 bits per heavy atom. The van der Waals surface area contributed by atoms with Crippen LogP contribution in [0.5, 0.6) is 0 Å². The molecule has 0 unspecified atom stereocenters. The van der Waals surface area contributed by atoms with Gasteiger partial charge in [-0.3, -0.25) is 0 Å². The van der Waals surface area contributed by atoms with Gasteiger partial charge < -0.3 is 9.67 Å². The molecule has 5 heteroatoms. The van der Waals surface area contributed by atoms with Crippen molar-refractivity contribution in [1.82, 2.24) is 4.57 Å². The van der Waals surface area contributed by atoms with Gasteiger partial charge >= 0.3 is 5.97 Å². The maximum Gasteiger partial charge on any atom is 0.335 e. The van der Waals surface area contributed by atoms with Gasteiger partial charge in [-0.15, -0.1) is 11.3 Å². The highest BCUT2D eigenvalue weighted by Crippen LogP contribution is 2.31. The van der Waals surface area contributed by atoms with Crippen LogP contribution in [0.15, 0.2) is 48.8 Å². The van der Waals surface area contributed by atoms with E-state index >= 15 is 0 Å². The number of benzene rings is 1. The van der Waals surface area contributed by atoms with Crippen LogP contribution < -0.4 is 0 Å². The Hall–Kier alpha value is -2.84. The van der Waals surface area contributed by atoms with Crippen LogP contribution in [0.2, 0.25) is 0 Å². The topological polar surface area (TPSA) is 66.0 Å². The molecule has 108 valence electrons. The molecule has 0 bridgehead atoms. The number of carboxylic acid groups (broad SMARTS) is 1. The second-order valence-electron chi connectivity index (χ2n) is 4.87. The lowest BCUT2D eigenvalue weighted by atomic mass is 10.2. The molecule has 0 aliphatic carbocycles. The predicted octanol–water partition coefficient (Wildman–Crippen LogP) is 4.08. The zero-order valence-corrected chi connectivity index (χ0v) is 12.6. The number of rotatable bonds is 3. The fourth-order valence-electron chi connectivity index (χ4n) is 2.24. The Morgan fingerprint density at radius 1 is 1.18 bits per heavy atom. The van der Waals surface area contributed by atoms with E-state index in [0.717, 1.165) is 16.1 Å². The lowest BCUT2D eigenvalue weighted by Gasteiger charge is -2.02. The van der Waals surface area contributed by atoms with Gasteiger partial charge in [-0.25, -0.2) is 4.79 Å². The lowest BCUT2D eigenvalue weighted by Crippen LogP contribution is -1.97. The van der Waals surface area contributed by atoms with Crippen molar-refractivity contribution in [1.29, 1.82) is 5.26 Å². The lowest BCUT2D eigenvalue weighted by molar-refractivity contribution is 0.0697. The predicted molar refractivity (Wildman–Crippen MR) is 85.5 cm³/mol. The van der Waals surface area contributed by atoms with Crippen LogP contribution in [0.3, 0.4) is 0 Å². The molecule has 0 aliphatic heterocycles. The van der Waals surface area contributed by atoms with Crippen molar-refractivity contribution in [3.63, 3.8) is 0 Å². The van der Waals surface area contributed by atoms with E-state index < -0.39 is 5.97 Å². The molecule has 0 saturated heterocycles. The van der Waals surface area contributed by atoms with Gasteiger partial charge in [-0.05, 0) is 43.3 Å². The van der Waals surface area contributed by atoms with E-state index in [1.54, 1.807) is 41.8 Å². The van der Waals surface area contributed by atoms with Crippen molar-refractivity contribution < 1.29 is 9.90 Å². The summed E-state index contributed by atoms with van der Waals surface area (Å²) in [6.45, 7) is 2.03. The highest BCUT2D eigenvalue weighted by Gasteiger charge is 2.12. The molecule has 22 heavy (non-hydrogen) atoms. The molecule has 0 atom stereocenters. The van der Waals surface area contributed by atoms with Gasteiger partial charge in [0.2, 0.25) is 0 Å². The monoisotopic (exact) mass is 308 g/mol. The van der Waals surface area contributed by atoms with Crippen LogP contribution in [0.25, 0.3) is 16.1 Å². The van der Waals surface area contributed by atoms with Gasteiger partial charge in [0.15, 0.2) is 0 Å². The number of aromatic nitrogens is 1. The molecule has 0 saturated carbocycles. The standard InChI is InChI=1S/C17H12N2O2S/c1-11-2-7-16(22-11)15-10-19(9-13(15)8-18)14-5-3-12(4-6-14)17(20)21/h2-7,9-10H,1H3,(H,20,21). The van der Waals surface area contributed by atoms with E-state index in [9.17, 15) is 10.1 Å². The fraction of sp³-hybridized carbons (Fsp3) is 0.0588. The third-order valence-corrected chi connectivity index (χ3v) is 4.40. The average Bonchev–Trinajstić information content (AvgIpc) is 3.13. The molecule has 2 aromatic heterocycles. The molecule has 0 amide bonds. The van der Waals surface area contributed by atoms with Gasteiger partial charge in [-0.2, -0.15) is 5.26 Å². The second kappa shape index (κ2) is 5.51. The third kappa shape index (κ3) is 2.52. The molecule has 4 nitrogen and oxygen atoms in total. The summed E-state index contributed by atoms with van der Waals surface area (Å²) in [5.41, 5.74) is 2.55. The average molecular weight is 308 g/mol. The Bertz CT molecular complexity index is 882. The summed E-state index contributed by atoms with van der Waals surface area (Å²) in [6, 6.07) is 12.8. The molecule has 0 aliphatic rings. The number of nitrogens with zero attached hydrogens (tertiary/aromatic N) is 2. The fourth-order valence-corrected chi connectivity index (χ4v) is 3.14. The molecule has 3 aromatic rings. The summed E-state index contributed by atoms with van der Waals surface area (Å²) < 4.78 is 1.84. The normalized spacial score (nSPS) is 10.4. The van der Waals surface area contributed by atoms with Gasteiger partial charge in [0, 0.05) is 33.4 Å². The van der Waals surface area contributed by atoms with E-state index in [4.69, 9.17) is 5.11 Å². The minimum Gasteiger partial charge on any atom is -0.478 e. The van der Waals surface area contributed by atoms with Crippen LogP contribution in [-0.2, 0) is 0 Å². The zero-order chi connectivity index (χ0) is 15.7. The summed E-state index contributed by atoms with van der Waals surface area (Å²) in [6.07, 6.45) is 3.67. The van der Waals surface area contributed by atoms with Crippen molar-refractivity contribution in [2.24, 2.45) is 0 Å². The van der Waals surface area contributed by atoms with Crippen LogP contribution in [-0.4, -0.2) is 15.6 Å². The molecule has 3 rings (SSSR count). The molecule has 0 fully saturated rings. The highest BCUT2D eigenvalue weighted by molar-refractivity contribution is 7.15. The second-order valence-corrected chi connectivity index (χ2v) is 6.15. The highest BCUT2D eigenvalue weighted by atomic mass is 32.1. The number of hydrogen-bond donors (Lipinski definition) is 1. The van der Waals surface area contributed by atoms with Gasteiger partial charge in [-0.1, -0.05) is 0 Å². The Balaban J connectivity index is 2.04. The first-order chi connectivity index (χ1) is 10.6. The van der Waals surface area contributed by atoms with Gasteiger partial charge in [0.05, 0.1) is 11.1 Å². The van der Waals surface area contributed by atoms with Gasteiger partial charge in [0.1, 0.15) is 6.07 Å². The Kier molecular flexibility index (Phi) is 3.53. The maximum atomic E-state index is 10.9. The first-order valence-corrected chi connectivity index (χ1v) is 7.43. The Morgan fingerprint density at radius 3 is 2.45 bits per heavy atom. The van der Waals surface area contributed by atoms with Crippen molar-refractivity contribution in [3.05, 3.63) is 64.8 Å². The SMILES string of the molecule is Cc1ccc(-c2cn(-c3ccc(C(=O)O)cc3)cc2C#N)s1. The van der Waals surface area contributed by atoms with Crippen LogP contribution >= 0.6 is 11.3 Å². The minimum atomic E-state index is -0.952. The molecule has 1 N–H and O–H groups in total. The molecule has 1 aromatic carbocycles.